The topological polar surface area (TPSA) is 35.2 Å². The van der Waals surface area contributed by atoms with Crippen LogP contribution in [0, 0.1) is 0 Å². The Kier molecular flexibility index (Phi) is 3.46. The third-order valence-corrected chi connectivity index (χ3v) is 2.52. The number of benzene rings is 2. The average molecular weight is 225 g/mol. The van der Waals surface area contributed by atoms with Crippen LogP contribution in [0.5, 0.6) is 5.75 Å². The fraction of sp³-hybridized carbons (Fsp3) is 0.0667. The third kappa shape index (κ3) is 2.88. The molecule has 0 bridgehead atoms. The minimum absolute atomic E-state index is 0.655. The van der Waals surface area contributed by atoms with Crippen molar-refractivity contribution in [2.75, 3.05) is 12.8 Å². The Balaban J connectivity index is 2.19. The smallest absolute Gasteiger partial charge is 0.141 e. The molecule has 0 saturated heterocycles. The van der Waals surface area contributed by atoms with Gasteiger partial charge in [0.1, 0.15) is 5.75 Å². The first-order valence-electron chi connectivity index (χ1n) is 5.46. The van der Waals surface area contributed by atoms with Gasteiger partial charge in [-0.25, -0.2) is 0 Å². The summed E-state index contributed by atoms with van der Waals surface area (Å²) >= 11 is 0. The number of hydrogen-bond donors (Lipinski definition) is 1. The second-order valence-electron chi connectivity index (χ2n) is 3.75. The molecule has 0 atom stereocenters. The van der Waals surface area contributed by atoms with Crippen molar-refractivity contribution in [3.8, 4) is 5.75 Å². The maximum atomic E-state index is 5.84. The van der Waals surface area contributed by atoms with Gasteiger partial charge in [0.15, 0.2) is 0 Å². The molecule has 2 rings (SSSR count). The number of ether oxygens (including phenoxy) is 1. The summed E-state index contributed by atoms with van der Waals surface area (Å²) < 4.78 is 5.11. The summed E-state index contributed by atoms with van der Waals surface area (Å²) in [7, 11) is 1.62. The molecule has 0 fully saturated rings. The number of anilines is 1. The van der Waals surface area contributed by atoms with Gasteiger partial charge in [-0.3, -0.25) is 0 Å². The van der Waals surface area contributed by atoms with Crippen LogP contribution in [-0.4, -0.2) is 7.11 Å². The third-order valence-electron chi connectivity index (χ3n) is 2.52. The van der Waals surface area contributed by atoms with Crippen molar-refractivity contribution < 1.29 is 4.74 Å². The van der Waals surface area contributed by atoms with E-state index in [0.29, 0.717) is 11.4 Å². The molecule has 0 unspecified atom stereocenters. The molecule has 17 heavy (non-hydrogen) atoms. The minimum atomic E-state index is 0.655. The monoisotopic (exact) mass is 225 g/mol. The van der Waals surface area contributed by atoms with Crippen molar-refractivity contribution in [2.24, 2.45) is 0 Å². The lowest BCUT2D eigenvalue weighted by Gasteiger charge is -2.04. The van der Waals surface area contributed by atoms with Gasteiger partial charge in [0, 0.05) is 0 Å². The fourth-order valence-corrected chi connectivity index (χ4v) is 1.61. The minimum Gasteiger partial charge on any atom is -0.495 e. The van der Waals surface area contributed by atoms with Crippen molar-refractivity contribution in [1.82, 2.24) is 0 Å². The molecule has 2 N–H and O–H groups in total. The molecule has 0 saturated carbocycles. The van der Waals surface area contributed by atoms with E-state index in [4.69, 9.17) is 10.5 Å². The Bertz CT molecular complexity index is 518. The van der Waals surface area contributed by atoms with Gasteiger partial charge in [-0.05, 0) is 23.3 Å². The standard InChI is InChI=1S/C15H15NO/c1-17-15-10-9-13(11-14(15)16)8-7-12-5-3-2-4-6-12/h2-11H,16H2,1H3. The zero-order valence-electron chi connectivity index (χ0n) is 9.76. The first-order valence-corrected chi connectivity index (χ1v) is 5.46. The Morgan fingerprint density at radius 1 is 0.941 bits per heavy atom. The normalized spacial score (nSPS) is 10.6. The van der Waals surface area contributed by atoms with Crippen molar-refractivity contribution in [1.29, 1.82) is 0 Å². The van der Waals surface area contributed by atoms with E-state index in [2.05, 4.69) is 18.2 Å². The number of hydrogen-bond acceptors (Lipinski definition) is 2. The predicted octanol–water partition coefficient (Wildman–Crippen LogP) is 3.45. The molecule has 2 nitrogen and oxygen atoms in total. The molecule has 2 aromatic carbocycles. The molecular formula is C15H15NO. The lowest BCUT2D eigenvalue weighted by Crippen LogP contribution is -1.92. The Hall–Kier alpha value is -2.22. The largest absolute Gasteiger partial charge is 0.495 e. The first kappa shape index (κ1) is 11.3. The Labute approximate surface area is 101 Å². The molecule has 0 heterocycles. The molecule has 0 aliphatic heterocycles. The second kappa shape index (κ2) is 5.21. The molecule has 0 radical (unpaired) electrons. The van der Waals surface area contributed by atoms with Gasteiger partial charge < -0.3 is 10.5 Å². The van der Waals surface area contributed by atoms with Crippen LogP contribution >= 0.6 is 0 Å². The van der Waals surface area contributed by atoms with Crippen LogP contribution in [-0.2, 0) is 0 Å². The highest BCUT2D eigenvalue weighted by Gasteiger charge is 1.97. The second-order valence-corrected chi connectivity index (χ2v) is 3.75. The average Bonchev–Trinajstić information content (AvgIpc) is 2.38. The van der Waals surface area contributed by atoms with E-state index in [-0.39, 0.29) is 0 Å². The van der Waals surface area contributed by atoms with E-state index in [1.807, 2.05) is 42.5 Å². The molecule has 0 aliphatic rings. The predicted molar refractivity (Wildman–Crippen MR) is 72.8 cm³/mol. The molecule has 0 spiro atoms. The van der Waals surface area contributed by atoms with Crippen LogP contribution in [0.1, 0.15) is 11.1 Å². The van der Waals surface area contributed by atoms with E-state index in [1.54, 1.807) is 7.11 Å². The molecule has 0 aliphatic carbocycles. The van der Waals surface area contributed by atoms with Crippen LogP contribution in [0.3, 0.4) is 0 Å². The van der Waals surface area contributed by atoms with Gasteiger partial charge >= 0.3 is 0 Å². The van der Waals surface area contributed by atoms with E-state index < -0.39 is 0 Å². The molecule has 0 aromatic heterocycles. The fourth-order valence-electron chi connectivity index (χ4n) is 1.61. The first-order chi connectivity index (χ1) is 8.29. The highest BCUT2D eigenvalue weighted by atomic mass is 16.5. The molecule has 86 valence electrons. The molecule has 2 aromatic rings. The van der Waals surface area contributed by atoms with Crippen molar-refractivity contribution in [3.63, 3.8) is 0 Å². The van der Waals surface area contributed by atoms with E-state index in [0.717, 1.165) is 5.56 Å². The van der Waals surface area contributed by atoms with Gasteiger partial charge in [0.25, 0.3) is 0 Å². The molecule has 0 amide bonds. The van der Waals surface area contributed by atoms with Gasteiger partial charge in [0.05, 0.1) is 12.8 Å². The lowest BCUT2D eigenvalue weighted by atomic mass is 10.1. The van der Waals surface area contributed by atoms with Crippen molar-refractivity contribution >= 4 is 17.8 Å². The number of nitrogen functional groups attached to an aromatic ring is 1. The lowest BCUT2D eigenvalue weighted by molar-refractivity contribution is 0.417. The summed E-state index contributed by atoms with van der Waals surface area (Å²) in [5.41, 5.74) is 8.73. The Morgan fingerprint density at radius 3 is 2.29 bits per heavy atom. The van der Waals surface area contributed by atoms with E-state index in [1.165, 1.54) is 5.56 Å². The number of rotatable bonds is 3. The highest BCUT2D eigenvalue weighted by molar-refractivity contribution is 5.72. The van der Waals surface area contributed by atoms with Crippen molar-refractivity contribution in [3.05, 3.63) is 59.7 Å². The maximum Gasteiger partial charge on any atom is 0.141 e. The van der Waals surface area contributed by atoms with Gasteiger partial charge in [-0.15, -0.1) is 0 Å². The zero-order chi connectivity index (χ0) is 12.1. The summed E-state index contributed by atoms with van der Waals surface area (Å²) in [5, 5.41) is 0. The van der Waals surface area contributed by atoms with Crippen LogP contribution < -0.4 is 10.5 Å². The molecular weight excluding hydrogens is 210 g/mol. The van der Waals surface area contributed by atoms with Crippen molar-refractivity contribution in [2.45, 2.75) is 0 Å². The van der Waals surface area contributed by atoms with E-state index in [9.17, 15) is 0 Å². The SMILES string of the molecule is COc1ccc(C=Cc2ccccc2)cc1N. The summed E-state index contributed by atoms with van der Waals surface area (Å²) in [6.07, 6.45) is 4.09. The van der Waals surface area contributed by atoms with Gasteiger partial charge in [-0.1, -0.05) is 48.6 Å². The van der Waals surface area contributed by atoms with E-state index >= 15 is 0 Å². The zero-order valence-corrected chi connectivity index (χ0v) is 9.76. The van der Waals surface area contributed by atoms with Crippen LogP contribution in [0.4, 0.5) is 5.69 Å². The highest BCUT2D eigenvalue weighted by Crippen LogP contribution is 2.22. The Morgan fingerprint density at radius 2 is 1.65 bits per heavy atom. The van der Waals surface area contributed by atoms with Crippen LogP contribution in [0.15, 0.2) is 48.5 Å². The quantitative estimate of drug-likeness (QED) is 0.641. The number of nitrogens with two attached hydrogens (primary N) is 1. The molecule has 2 heteroatoms. The summed E-state index contributed by atoms with van der Waals surface area (Å²) in [6, 6.07) is 15.9. The van der Waals surface area contributed by atoms with Gasteiger partial charge in [0.2, 0.25) is 0 Å². The summed E-state index contributed by atoms with van der Waals surface area (Å²) in [6.45, 7) is 0. The van der Waals surface area contributed by atoms with Gasteiger partial charge in [-0.2, -0.15) is 0 Å². The van der Waals surface area contributed by atoms with Crippen LogP contribution in [0.25, 0.3) is 12.2 Å². The summed E-state index contributed by atoms with van der Waals surface area (Å²) in [5.74, 6) is 0.710. The summed E-state index contributed by atoms with van der Waals surface area (Å²) in [4.78, 5) is 0. The number of methoxy groups -OCH3 is 1. The van der Waals surface area contributed by atoms with Crippen LogP contribution in [0.2, 0.25) is 0 Å². The maximum absolute atomic E-state index is 5.84.